The number of nitrogens with one attached hydrogen (secondary N) is 1. The molecular formula is C10H21NO. The topological polar surface area (TPSA) is 21.3 Å². The molecule has 1 saturated heterocycles. The Bertz CT molecular complexity index is 128. The molecule has 2 heteroatoms. The zero-order valence-electron chi connectivity index (χ0n) is 8.52. The van der Waals surface area contributed by atoms with E-state index in [1.807, 2.05) is 0 Å². The zero-order valence-corrected chi connectivity index (χ0v) is 8.52. The lowest BCUT2D eigenvalue weighted by Crippen LogP contribution is -2.59. The van der Waals surface area contributed by atoms with Gasteiger partial charge in [0, 0.05) is 13.1 Å². The third kappa shape index (κ3) is 2.46. The number of hydrogen-bond acceptors (Lipinski definition) is 2. The van der Waals surface area contributed by atoms with Crippen molar-refractivity contribution in [2.45, 2.75) is 39.2 Å². The molecule has 0 aliphatic carbocycles. The Labute approximate surface area is 75.7 Å². The molecule has 0 atom stereocenters. The van der Waals surface area contributed by atoms with Gasteiger partial charge in [-0.1, -0.05) is 26.7 Å². The molecule has 0 aromatic heterocycles. The van der Waals surface area contributed by atoms with Crippen molar-refractivity contribution in [1.82, 2.24) is 5.32 Å². The van der Waals surface area contributed by atoms with Crippen LogP contribution in [-0.2, 0) is 4.74 Å². The number of hydrogen-bond donors (Lipinski definition) is 1. The van der Waals surface area contributed by atoms with Crippen LogP contribution < -0.4 is 5.32 Å². The summed E-state index contributed by atoms with van der Waals surface area (Å²) < 4.78 is 5.85. The van der Waals surface area contributed by atoms with Crippen LogP contribution in [0.4, 0.5) is 0 Å². The van der Waals surface area contributed by atoms with E-state index in [1.54, 1.807) is 0 Å². The van der Waals surface area contributed by atoms with E-state index in [0.717, 1.165) is 25.6 Å². The molecule has 72 valence electrons. The molecule has 0 aromatic carbocycles. The molecule has 0 amide bonds. The first kappa shape index (κ1) is 10.0. The highest BCUT2D eigenvalue weighted by Gasteiger charge is 2.32. The summed E-state index contributed by atoms with van der Waals surface area (Å²) in [6.45, 7) is 9.63. The van der Waals surface area contributed by atoms with Crippen LogP contribution in [0, 0.1) is 5.92 Å². The molecule has 0 aromatic rings. The predicted molar refractivity (Wildman–Crippen MR) is 51.3 cm³/mol. The van der Waals surface area contributed by atoms with Crippen molar-refractivity contribution in [3.8, 4) is 0 Å². The van der Waals surface area contributed by atoms with Crippen molar-refractivity contribution in [1.29, 1.82) is 0 Å². The van der Waals surface area contributed by atoms with Gasteiger partial charge in [-0.3, -0.25) is 0 Å². The standard InChI is InChI=1S/C10H21NO/c1-4-9(5-2)6-12-10(3)7-11-8-10/h9,11H,4-8H2,1-3H3. The lowest BCUT2D eigenvalue weighted by molar-refractivity contribution is -0.0806. The second-order valence-corrected chi connectivity index (χ2v) is 4.05. The maximum absolute atomic E-state index is 5.85. The summed E-state index contributed by atoms with van der Waals surface area (Å²) in [5, 5.41) is 3.24. The van der Waals surface area contributed by atoms with E-state index in [1.165, 1.54) is 12.8 Å². The van der Waals surface area contributed by atoms with Crippen molar-refractivity contribution in [2.75, 3.05) is 19.7 Å². The maximum atomic E-state index is 5.85. The van der Waals surface area contributed by atoms with Crippen LogP contribution in [0.25, 0.3) is 0 Å². The molecular weight excluding hydrogens is 150 g/mol. The van der Waals surface area contributed by atoms with Gasteiger partial charge in [0.1, 0.15) is 0 Å². The first-order valence-electron chi connectivity index (χ1n) is 5.05. The zero-order chi connectivity index (χ0) is 9.03. The minimum Gasteiger partial charge on any atom is -0.372 e. The quantitative estimate of drug-likeness (QED) is 0.681. The molecule has 2 nitrogen and oxygen atoms in total. The van der Waals surface area contributed by atoms with Gasteiger partial charge in [0.15, 0.2) is 0 Å². The third-order valence-corrected chi connectivity index (χ3v) is 2.82. The second-order valence-electron chi connectivity index (χ2n) is 4.05. The van der Waals surface area contributed by atoms with E-state index in [4.69, 9.17) is 4.74 Å². The summed E-state index contributed by atoms with van der Waals surface area (Å²) in [4.78, 5) is 0. The summed E-state index contributed by atoms with van der Waals surface area (Å²) in [5.41, 5.74) is 0.141. The van der Waals surface area contributed by atoms with Crippen molar-refractivity contribution < 1.29 is 4.74 Å². The molecule has 0 saturated carbocycles. The molecule has 0 unspecified atom stereocenters. The Morgan fingerprint density at radius 1 is 1.33 bits per heavy atom. The molecule has 1 fully saturated rings. The van der Waals surface area contributed by atoms with E-state index in [9.17, 15) is 0 Å². The van der Waals surface area contributed by atoms with Crippen molar-refractivity contribution >= 4 is 0 Å². The highest BCUT2D eigenvalue weighted by atomic mass is 16.5. The molecule has 12 heavy (non-hydrogen) atoms. The maximum Gasteiger partial charge on any atom is 0.0901 e. The fraction of sp³-hybridized carbons (Fsp3) is 1.00. The SMILES string of the molecule is CCC(CC)COC1(C)CNC1. The van der Waals surface area contributed by atoms with Crippen molar-refractivity contribution in [3.63, 3.8) is 0 Å². The van der Waals surface area contributed by atoms with Crippen LogP contribution in [0.3, 0.4) is 0 Å². The summed E-state index contributed by atoms with van der Waals surface area (Å²) in [5.74, 6) is 0.752. The molecule has 1 heterocycles. The highest BCUT2D eigenvalue weighted by Crippen LogP contribution is 2.18. The Hall–Kier alpha value is -0.0800. The minimum atomic E-state index is 0.141. The number of rotatable bonds is 5. The Morgan fingerprint density at radius 2 is 1.92 bits per heavy atom. The van der Waals surface area contributed by atoms with Crippen molar-refractivity contribution in [2.24, 2.45) is 5.92 Å². The van der Waals surface area contributed by atoms with Gasteiger partial charge < -0.3 is 10.1 Å². The molecule has 1 N–H and O–H groups in total. The minimum absolute atomic E-state index is 0.141. The normalized spacial score (nSPS) is 21.0. The first-order valence-corrected chi connectivity index (χ1v) is 5.05. The lowest BCUT2D eigenvalue weighted by Gasteiger charge is -2.40. The molecule has 0 spiro atoms. The van der Waals surface area contributed by atoms with E-state index < -0.39 is 0 Å². The number of ether oxygens (including phenoxy) is 1. The average molecular weight is 171 g/mol. The fourth-order valence-electron chi connectivity index (χ4n) is 1.42. The third-order valence-electron chi connectivity index (χ3n) is 2.82. The van der Waals surface area contributed by atoms with Crippen LogP contribution in [0.5, 0.6) is 0 Å². The molecule has 1 rings (SSSR count). The van der Waals surface area contributed by atoms with E-state index in [2.05, 4.69) is 26.1 Å². The van der Waals surface area contributed by atoms with Gasteiger partial charge in [-0.05, 0) is 12.8 Å². The summed E-state index contributed by atoms with van der Waals surface area (Å²) in [6, 6.07) is 0. The Morgan fingerprint density at radius 3 is 2.25 bits per heavy atom. The van der Waals surface area contributed by atoms with Gasteiger partial charge in [0.25, 0.3) is 0 Å². The summed E-state index contributed by atoms with van der Waals surface area (Å²) in [6.07, 6.45) is 2.47. The van der Waals surface area contributed by atoms with Gasteiger partial charge >= 0.3 is 0 Å². The molecule has 1 aliphatic rings. The van der Waals surface area contributed by atoms with Gasteiger partial charge in [-0.25, -0.2) is 0 Å². The van der Waals surface area contributed by atoms with Crippen LogP contribution in [0.2, 0.25) is 0 Å². The predicted octanol–water partition coefficient (Wildman–Crippen LogP) is 1.80. The first-order chi connectivity index (χ1) is 5.70. The summed E-state index contributed by atoms with van der Waals surface area (Å²) >= 11 is 0. The summed E-state index contributed by atoms with van der Waals surface area (Å²) in [7, 11) is 0. The van der Waals surface area contributed by atoms with Crippen molar-refractivity contribution in [3.05, 3.63) is 0 Å². The van der Waals surface area contributed by atoms with Crippen LogP contribution >= 0.6 is 0 Å². The van der Waals surface area contributed by atoms with Gasteiger partial charge in [0.05, 0.1) is 12.2 Å². The lowest BCUT2D eigenvalue weighted by atomic mass is 9.99. The molecule has 0 bridgehead atoms. The fourth-order valence-corrected chi connectivity index (χ4v) is 1.42. The van der Waals surface area contributed by atoms with E-state index in [0.29, 0.717) is 0 Å². The monoisotopic (exact) mass is 171 g/mol. The van der Waals surface area contributed by atoms with Crippen LogP contribution in [0.15, 0.2) is 0 Å². The van der Waals surface area contributed by atoms with Gasteiger partial charge in [0.2, 0.25) is 0 Å². The Kier molecular flexibility index (Phi) is 3.53. The second kappa shape index (κ2) is 4.24. The molecule has 0 radical (unpaired) electrons. The van der Waals surface area contributed by atoms with E-state index in [-0.39, 0.29) is 5.60 Å². The van der Waals surface area contributed by atoms with Crippen LogP contribution in [0.1, 0.15) is 33.6 Å². The van der Waals surface area contributed by atoms with Gasteiger partial charge in [-0.2, -0.15) is 0 Å². The van der Waals surface area contributed by atoms with Crippen LogP contribution in [-0.4, -0.2) is 25.3 Å². The largest absolute Gasteiger partial charge is 0.372 e. The smallest absolute Gasteiger partial charge is 0.0901 e. The van der Waals surface area contributed by atoms with E-state index >= 15 is 0 Å². The molecule has 1 aliphatic heterocycles. The average Bonchev–Trinajstić information content (AvgIpc) is 2.03. The Balaban J connectivity index is 2.14. The highest BCUT2D eigenvalue weighted by molar-refractivity contribution is 4.90. The van der Waals surface area contributed by atoms with Gasteiger partial charge in [-0.15, -0.1) is 0 Å².